The van der Waals surface area contributed by atoms with E-state index in [9.17, 15) is 21.6 Å². The number of hydrogen-bond donors (Lipinski definition) is 1. The van der Waals surface area contributed by atoms with Crippen LogP contribution in [0.15, 0.2) is 41.6 Å². The van der Waals surface area contributed by atoms with E-state index in [1.165, 1.54) is 36.3 Å². The maximum Gasteiger partial charge on any atom is 0.573 e. The Kier molecular flexibility index (Phi) is 5.34. The lowest BCUT2D eigenvalue weighted by Gasteiger charge is -2.13. The summed E-state index contributed by atoms with van der Waals surface area (Å²) in [4.78, 5) is -0.632. The highest BCUT2D eigenvalue weighted by Gasteiger charge is 2.34. The van der Waals surface area contributed by atoms with E-state index in [-0.39, 0.29) is 5.69 Å². The normalized spacial score (nSPS) is 12.2. The molecule has 0 aliphatic carbocycles. The third-order valence-electron chi connectivity index (χ3n) is 2.77. The second-order valence-corrected chi connectivity index (χ2v) is 6.24. The van der Waals surface area contributed by atoms with Crippen LogP contribution >= 0.6 is 0 Å². The van der Waals surface area contributed by atoms with Crippen molar-refractivity contribution in [3.63, 3.8) is 0 Å². The van der Waals surface area contributed by atoms with Crippen molar-refractivity contribution < 1.29 is 31.1 Å². The zero-order valence-electron chi connectivity index (χ0n) is 12.4. The Balaban J connectivity index is 2.23. The van der Waals surface area contributed by atoms with Crippen molar-refractivity contribution in [2.45, 2.75) is 17.8 Å². The topological polar surface area (TPSA) is 82.5 Å². The molecular weight excluding hydrogens is 351 g/mol. The number of nitrogens with one attached hydrogen (secondary N) is 1. The zero-order valence-corrected chi connectivity index (χ0v) is 13.3. The number of benzene rings is 1. The molecule has 132 valence electrons. The quantitative estimate of drug-likeness (QED) is 0.814. The molecule has 7 nitrogen and oxygen atoms in total. The molecule has 1 N–H and O–H groups in total. The molecule has 1 aromatic carbocycles. The van der Waals surface area contributed by atoms with E-state index < -0.39 is 27.0 Å². The summed E-state index contributed by atoms with van der Waals surface area (Å²) < 4.78 is 74.0. The van der Waals surface area contributed by atoms with Gasteiger partial charge in [0.1, 0.15) is 10.6 Å². The van der Waals surface area contributed by atoms with Gasteiger partial charge in [-0.2, -0.15) is 5.10 Å². The molecule has 0 aliphatic heterocycles. The van der Waals surface area contributed by atoms with Gasteiger partial charge in [-0.25, -0.2) is 8.42 Å². The molecule has 24 heavy (non-hydrogen) atoms. The van der Waals surface area contributed by atoms with Gasteiger partial charge in [0, 0.05) is 13.3 Å². The third-order valence-corrected chi connectivity index (χ3v) is 4.20. The van der Waals surface area contributed by atoms with Crippen molar-refractivity contribution in [3.8, 4) is 5.75 Å². The average Bonchev–Trinajstić information content (AvgIpc) is 2.90. The largest absolute Gasteiger partial charge is 0.573 e. The van der Waals surface area contributed by atoms with Crippen LogP contribution in [-0.2, 0) is 21.3 Å². The van der Waals surface area contributed by atoms with Gasteiger partial charge in [-0.3, -0.25) is 9.40 Å². The predicted octanol–water partition coefficient (Wildman–Crippen LogP) is 2.23. The minimum Gasteiger partial charge on any atom is -0.404 e. The van der Waals surface area contributed by atoms with E-state index in [1.807, 2.05) is 0 Å². The Morgan fingerprint density at radius 1 is 1.29 bits per heavy atom. The summed E-state index contributed by atoms with van der Waals surface area (Å²) in [7, 11) is -2.78. The standard InChI is InChI=1S/C13H14F3N3O4S/c1-22-7-6-19-9-10(8-17-19)18-24(20,21)12-5-3-2-4-11(12)23-13(14,15)16/h2-5,8-9,18H,6-7H2,1H3. The molecule has 0 spiro atoms. The van der Waals surface area contributed by atoms with Crippen LogP contribution in [-0.4, -0.2) is 38.3 Å². The molecule has 0 atom stereocenters. The van der Waals surface area contributed by atoms with Gasteiger partial charge in [0.25, 0.3) is 10.0 Å². The molecule has 0 saturated carbocycles. The predicted molar refractivity (Wildman–Crippen MR) is 78.0 cm³/mol. The molecule has 0 radical (unpaired) electrons. The highest BCUT2D eigenvalue weighted by atomic mass is 32.2. The summed E-state index contributed by atoms with van der Waals surface area (Å²) in [5.74, 6) is -0.815. The van der Waals surface area contributed by atoms with Gasteiger partial charge < -0.3 is 9.47 Å². The van der Waals surface area contributed by atoms with Crippen LogP contribution in [0.2, 0.25) is 0 Å². The van der Waals surface area contributed by atoms with Crippen molar-refractivity contribution >= 4 is 15.7 Å². The Hall–Kier alpha value is -2.27. The molecule has 0 aliphatic rings. The van der Waals surface area contributed by atoms with E-state index in [0.717, 1.165) is 12.1 Å². The highest BCUT2D eigenvalue weighted by Crippen LogP contribution is 2.30. The van der Waals surface area contributed by atoms with Gasteiger partial charge in [-0.05, 0) is 12.1 Å². The molecule has 11 heteroatoms. The second kappa shape index (κ2) is 7.09. The smallest absolute Gasteiger partial charge is 0.404 e. The van der Waals surface area contributed by atoms with Crippen LogP contribution in [0.3, 0.4) is 0 Å². The summed E-state index contributed by atoms with van der Waals surface area (Å²) in [5.41, 5.74) is 0.105. The summed E-state index contributed by atoms with van der Waals surface area (Å²) >= 11 is 0. The fraction of sp³-hybridized carbons (Fsp3) is 0.308. The molecule has 0 unspecified atom stereocenters. The lowest BCUT2D eigenvalue weighted by atomic mass is 10.3. The lowest BCUT2D eigenvalue weighted by Crippen LogP contribution is -2.20. The van der Waals surface area contributed by atoms with Crippen molar-refractivity contribution in [2.75, 3.05) is 18.4 Å². The van der Waals surface area contributed by atoms with E-state index >= 15 is 0 Å². The van der Waals surface area contributed by atoms with Crippen molar-refractivity contribution in [1.29, 1.82) is 0 Å². The molecule has 1 heterocycles. The van der Waals surface area contributed by atoms with Crippen LogP contribution in [0.5, 0.6) is 5.75 Å². The first-order chi connectivity index (χ1) is 11.2. The van der Waals surface area contributed by atoms with Crippen LogP contribution in [0.1, 0.15) is 0 Å². The Morgan fingerprint density at radius 2 is 2.00 bits per heavy atom. The average molecular weight is 365 g/mol. The number of nitrogens with zero attached hydrogens (tertiary/aromatic N) is 2. The van der Waals surface area contributed by atoms with E-state index in [4.69, 9.17) is 4.74 Å². The van der Waals surface area contributed by atoms with Gasteiger partial charge in [-0.15, -0.1) is 13.2 Å². The van der Waals surface area contributed by atoms with Gasteiger partial charge in [0.2, 0.25) is 0 Å². The fourth-order valence-electron chi connectivity index (χ4n) is 1.81. The molecule has 2 rings (SSSR count). The minimum absolute atomic E-state index is 0.105. The zero-order chi connectivity index (χ0) is 17.8. The van der Waals surface area contributed by atoms with E-state index in [0.29, 0.717) is 13.2 Å². The van der Waals surface area contributed by atoms with Gasteiger partial charge >= 0.3 is 6.36 Å². The lowest BCUT2D eigenvalue weighted by molar-refractivity contribution is -0.275. The number of anilines is 1. The number of aromatic nitrogens is 2. The molecular formula is C13H14F3N3O4S. The number of alkyl halides is 3. The van der Waals surface area contributed by atoms with Crippen LogP contribution < -0.4 is 9.46 Å². The first kappa shape index (κ1) is 18.1. The summed E-state index contributed by atoms with van der Waals surface area (Å²) in [6.07, 6.45) is -2.37. The minimum atomic E-state index is -5.00. The molecule has 0 fully saturated rings. The first-order valence-corrected chi connectivity index (χ1v) is 8.08. The molecule has 0 bridgehead atoms. The number of para-hydroxylation sites is 1. The number of halogens is 3. The Labute approximate surface area is 136 Å². The van der Waals surface area contributed by atoms with Gasteiger partial charge in [0.05, 0.1) is 25.0 Å². The summed E-state index contributed by atoms with van der Waals surface area (Å²) in [6.45, 7) is 0.766. The first-order valence-electron chi connectivity index (χ1n) is 6.60. The third kappa shape index (κ3) is 4.86. The SMILES string of the molecule is COCCn1cc(NS(=O)(=O)c2ccccc2OC(F)(F)F)cn1. The number of methoxy groups -OCH3 is 1. The van der Waals surface area contributed by atoms with Gasteiger partial charge in [0.15, 0.2) is 0 Å². The maximum absolute atomic E-state index is 12.4. The Bertz CT molecular complexity index is 790. The second-order valence-electron chi connectivity index (χ2n) is 4.58. The molecule has 1 aromatic heterocycles. The van der Waals surface area contributed by atoms with Crippen molar-refractivity contribution in [1.82, 2.24) is 9.78 Å². The number of sulfonamides is 1. The Morgan fingerprint density at radius 3 is 2.67 bits per heavy atom. The van der Waals surface area contributed by atoms with Crippen LogP contribution in [0.4, 0.5) is 18.9 Å². The van der Waals surface area contributed by atoms with Crippen LogP contribution in [0, 0.1) is 0 Å². The molecule has 0 saturated heterocycles. The number of hydrogen-bond acceptors (Lipinski definition) is 5. The number of rotatable bonds is 7. The van der Waals surface area contributed by atoms with E-state index in [1.54, 1.807) is 0 Å². The van der Waals surface area contributed by atoms with E-state index in [2.05, 4.69) is 14.6 Å². The van der Waals surface area contributed by atoms with Crippen molar-refractivity contribution in [3.05, 3.63) is 36.7 Å². The summed E-state index contributed by atoms with van der Waals surface area (Å²) in [6, 6.07) is 4.46. The van der Waals surface area contributed by atoms with Gasteiger partial charge in [-0.1, -0.05) is 12.1 Å². The molecule has 2 aromatic rings. The van der Waals surface area contributed by atoms with Crippen molar-refractivity contribution in [2.24, 2.45) is 0 Å². The van der Waals surface area contributed by atoms with Crippen LogP contribution in [0.25, 0.3) is 0 Å². The molecule has 0 amide bonds. The highest BCUT2D eigenvalue weighted by molar-refractivity contribution is 7.92. The maximum atomic E-state index is 12.4. The monoisotopic (exact) mass is 365 g/mol. The summed E-state index contributed by atoms with van der Waals surface area (Å²) in [5, 5.41) is 3.91. The number of ether oxygens (including phenoxy) is 2. The fourth-order valence-corrected chi connectivity index (χ4v) is 2.97.